The Morgan fingerprint density at radius 2 is 1.77 bits per heavy atom. The van der Waals surface area contributed by atoms with Gasteiger partial charge in [-0.3, -0.25) is 14.4 Å². The number of nitrogens with one attached hydrogen (secondary N) is 2. The smallest absolute Gasteiger partial charge is 0.291 e. The molecule has 160 valence electrons. The normalized spacial score (nSPS) is 13.3. The van der Waals surface area contributed by atoms with E-state index in [4.69, 9.17) is 4.42 Å². The fraction of sp³-hybridized carbons (Fsp3) is 0.261. The Kier molecular flexibility index (Phi) is 5.90. The second kappa shape index (κ2) is 8.77. The summed E-state index contributed by atoms with van der Waals surface area (Å²) in [5, 5.41) is 6.22. The maximum Gasteiger partial charge on any atom is 0.291 e. The van der Waals surface area contributed by atoms with Crippen molar-refractivity contribution in [2.75, 3.05) is 23.7 Å². The molecule has 0 bridgehead atoms. The molecule has 4 rings (SSSR count). The lowest BCUT2D eigenvalue weighted by Gasteiger charge is -2.18. The van der Waals surface area contributed by atoms with Crippen LogP contribution in [0.1, 0.15) is 54.6 Å². The molecule has 0 saturated carbocycles. The number of carbonyl (C=O) groups is 3. The van der Waals surface area contributed by atoms with Gasteiger partial charge in [-0.15, -0.1) is 11.3 Å². The lowest BCUT2D eigenvalue weighted by atomic mass is 10.1. The van der Waals surface area contributed by atoms with Crippen molar-refractivity contribution >= 4 is 39.7 Å². The van der Waals surface area contributed by atoms with Crippen molar-refractivity contribution in [1.29, 1.82) is 0 Å². The van der Waals surface area contributed by atoms with E-state index >= 15 is 0 Å². The van der Waals surface area contributed by atoms with Crippen molar-refractivity contribution in [2.24, 2.45) is 0 Å². The average Bonchev–Trinajstić information content (AvgIpc) is 3.51. The van der Waals surface area contributed by atoms with Gasteiger partial charge in [-0.25, -0.2) is 0 Å². The summed E-state index contributed by atoms with van der Waals surface area (Å²) in [5.41, 5.74) is 2.70. The Morgan fingerprint density at radius 1 is 1.00 bits per heavy atom. The summed E-state index contributed by atoms with van der Waals surface area (Å²) in [6, 6.07) is 10.3. The molecule has 0 unspecified atom stereocenters. The summed E-state index contributed by atoms with van der Waals surface area (Å²) >= 11 is 1.19. The largest absolute Gasteiger partial charge is 0.459 e. The highest BCUT2D eigenvalue weighted by Gasteiger charge is 2.23. The highest BCUT2D eigenvalue weighted by Crippen LogP contribution is 2.29. The van der Waals surface area contributed by atoms with Gasteiger partial charge in [0.1, 0.15) is 0 Å². The predicted octanol–water partition coefficient (Wildman–Crippen LogP) is 4.70. The molecular formula is C23H23N3O4S. The fourth-order valence-corrected chi connectivity index (χ4v) is 4.59. The van der Waals surface area contributed by atoms with E-state index in [9.17, 15) is 14.4 Å². The first kappa shape index (κ1) is 20.9. The predicted molar refractivity (Wildman–Crippen MR) is 120 cm³/mol. The number of furan rings is 1. The zero-order chi connectivity index (χ0) is 22.0. The van der Waals surface area contributed by atoms with Crippen molar-refractivity contribution in [3.8, 4) is 0 Å². The van der Waals surface area contributed by atoms with Crippen LogP contribution in [0.2, 0.25) is 0 Å². The molecule has 3 aromatic rings. The number of benzene rings is 1. The summed E-state index contributed by atoms with van der Waals surface area (Å²) in [6.45, 7) is 5.20. The summed E-state index contributed by atoms with van der Waals surface area (Å²) in [7, 11) is 0. The minimum atomic E-state index is -0.373. The van der Waals surface area contributed by atoms with E-state index in [1.54, 1.807) is 36.4 Å². The molecule has 1 aliphatic heterocycles. The number of rotatable bonds is 5. The van der Waals surface area contributed by atoms with Crippen molar-refractivity contribution in [3.63, 3.8) is 0 Å². The van der Waals surface area contributed by atoms with Gasteiger partial charge in [-0.2, -0.15) is 0 Å². The van der Waals surface area contributed by atoms with E-state index < -0.39 is 0 Å². The van der Waals surface area contributed by atoms with Crippen molar-refractivity contribution in [3.05, 3.63) is 70.0 Å². The number of hydrogen-bond donors (Lipinski definition) is 2. The number of anilines is 2. The summed E-state index contributed by atoms with van der Waals surface area (Å²) in [6.07, 6.45) is 3.48. The average molecular weight is 438 g/mol. The van der Waals surface area contributed by atoms with Gasteiger partial charge in [0.2, 0.25) is 0 Å². The molecule has 3 heterocycles. The van der Waals surface area contributed by atoms with Gasteiger partial charge >= 0.3 is 0 Å². The standard InChI is InChI=1S/C23H23N3O4S/c1-14-13-19(25-21(27)18-9-6-12-30-18)31-20(14)22(28)24-17-8-5-7-16(15(17)2)23(29)26-10-3-4-11-26/h5-9,12-13H,3-4,10-11H2,1-2H3,(H,24,28)(H,25,27). The highest BCUT2D eigenvalue weighted by atomic mass is 32.1. The molecule has 7 nitrogen and oxygen atoms in total. The summed E-state index contributed by atoms with van der Waals surface area (Å²) in [5.74, 6) is -0.453. The summed E-state index contributed by atoms with van der Waals surface area (Å²) in [4.78, 5) is 40.2. The number of hydrogen-bond acceptors (Lipinski definition) is 5. The molecule has 0 radical (unpaired) electrons. The molecule has 1 saturated heterocycles. The van der Waals surface area contributed by atoms with Crippen LogP contribution in [0.3, 0.4) is 0 Å². The molecule has 2 N–H and O–H groups in total. The van der Waals surface area contributed by atoms with Crippen LogP contribution in [0.25, 0.3) is 0 Å². The number of aryl methyl sites for hydroxylation is 1. The topological polar surface area (TPSA) is 91.6 Å². The molecule has 1 aromatic carbocycles. The van der Waals surface area contributed by atoms with E-state index in [1.165, 1.54) is 17.6 Å². The Labute approximate surface area is 184 Å². The van der Waals surface area contributed by atoms with Crippen LogP contribution in [-0.2, 0) is 0 Å². The molecule has 1 aliphatic rings. The zero-order valence-corrected chi connectivity index (χ0v) is 18.2. The lowest BCUT2D eigenvalue weighted by molar-refractivity contribution is 0.0791. The highest BCUT2D eigenvalue weighted by molar-refractivity contribution is 7.18. The molecule has 31 heavy (non-hydrogen) atoms. The zero-order valence-electron chi connectivity index (χ0n) is 17.4. The van der Waals surface area contributed by atoms with Crippen LogP contribution < -0.4 is 10.6 Å². The summed E-state index contributed by atoms with van der Waals surface area (Å²) < 4.78 is 5.09. The van der Waals surface area contributed by atoms with Crippen LogP contribution in [0.4, 0.5) is 10.7 Å². The lowest BCUT2D eigenvalue weighted by Crippen LogP contribution is -2.28. The van der Waals surface area contributed by atoms with Crippen molar-refractivity contribution in [2.45, 2.75) is 26.7 Å². The van der Waals surface area contributed by atoms with E-state index in [2.05, 4.69) is 10.6 Å². The van der Waals surface area contributed by atoms with Crippen LogP contribution in [0, 0.1) is 13.8 Å². The molecule has 2 aromatic heterocycles. The molecule has 0 spiro atoms. The molecular weight excluding hydrogens is 414 g/mol. The third-order valence-corrected chi connectivity index (χ3v) is 6.46. The molecule has 3 amide bonds. The van der Waals surface area contributed by atoms with Gasteiger partial charge < -0.3 is 20.0 Å². The number of likely N-dealkylation sites (tertiary alicyclic amines) is 1. The van der Waals surface area contributed by atoms with E-state index in [0.717, 1.165) is 37.1 Å². The molecule has 8 heteroatoms. The third-order valence-electron chi connectivity index (χ3n) is 5.31. The monoisotopic (exact) mass is 437 g/mol. The van der Waals surface area contributed by atoms with Crippen LogP contribution >= 0.6 is 11.3 Å². The van der Waals surface area contributed by atoms with Crippen LogP contribution in [0.15, 0.2) is 47.1 Å². The second-order valence-electron chi connectivity index (χ2n) is 7.49. The van der Waals surface area contributed by atoms with Gasteiger partial charge in [0, 0.05) is 24.3 Å². The quantitative estimate of drug-likeness (QED) is 0.605. The first-order valence-corrected chi connectivity index (χ1v) is 10.9. The maximum atomic E-state index is 12.9. The van der Waals surface area contributed by atoms with E-state index in [1.807, 2.05) is 18.7 Å². The SMILES string of the molecule is Cc1cc(NC(=O)c2ccco2)sc1C(=O)Nc1cccc(C(=O)N2CCCC2)c1C. The first-order chi connectivity index (χ1) is 14.9. The Hall–Kier alpha value is -3.39. The van der Waals surface area contributed by atoms with Crippen LogP contribution in [-0.4, -0.2) is 35.7 Å². The Bertz CT molecular complexity index is 1130. The second-order valence-corrected chi connectivity index (χ2v) is 8.54. The van der Waals surface area contributed by atoms with Gasteiger partial charge in [-0.1, -0.05) is 6.07 Å². The third kappa shape index (κ3) is 4.39. The fourth-order valence-electron chi connectivity index (χ4n) is 3.62. The minimum Gasteiger partial charge on any atom is -0.459 e. The van der Waals surface area contributed by atoms with Gasteiger partial charge in [0.15, 0.2) is 5.76 Å². The Balaban J connectivity index is 1.49. The van der Waals surface area contributed by atoms with Crippen molar-refractivity contribution in [1.82, 2.24) is 4.90 Å². The minimum absolute atomic E-state index is 0.00123. The number of nitrogens with zero attached hydrogens (tertiary/aromatic N) is 1. The molecule has 1 fully saturated rings. The van der Waals surface area contributed by atoms with Gasteiger partial charge in [0.05, 0.1) is 16.1 Å². The number of thiophene rings is 1. The Morgan fingerprint density at radius 3 is 2.48 bits per heavy atom. The number of amides is 3. The first-order valence-electron chi connectivity index (χ1n) is 10.1. The molecule has 0 atom stereocenters. The van der Waals surface area contributed by atoms with Gasteiger partial charge in [-0.05, 0) is 68.1 Å². The maximum absolute atomic E-state index is 12.9. The van der Waals surface area contributed by atoms with Crippen molar-refractivity contribution < 1.29 is 18.8 Å². The van der Waals surface area contributed by atoms with E-state index in [0.29, 0.717) is 21.1 Å². The van der Waals surface area contributed by atoms with Crippen LogP contribution in [0.5, 0.6) is 0 Å². The van der Waals surface area contributed by atoms with E-state index in [-0.39, 0.29) is 23.5 Å². The number of carbonyl (C=O) groups excluding carboxylic acids is 3. The molecule has 0 aliphatic carbocycles. The van der Waals surface area contributed by atoms with Gasteiger partial charge in [0.25, 0.3) is 17.7 Å².